The van der Waals surface area contributed by atoms with E-state index in [9.17, 15) is 9.00 Å². The molecule has 0 saturated carbocycles. The van der Waals surface area contributed by atoms with E-state index < -0.39 is 10.8 Å². The van der Waals surface area contributed by atoms with Crippen LogP contribution in [0, 0.1) is 13.8 Å². The van der Waals surface area contributed by atoms with E-state index in [0.717, 1.165) is 11.1 Å². The maximum atomic E-state index is 12.4. The van der Waals surface area contributed by atoms with Crippen molar-refractivity contribution >= 4 is 16.7 Å². The normalized spacial score (nSPS) is 16.0. The van der Waals surface area contributed by atoms with Gasteiger partial charge in [-0.05, 0) is 25.5 Å². The molecule has 1 aliphatic rings. The average Bonchev–Trinajstić information content (AvgIpc) is 2.96. The van der Waals surface area contributed by atoms with Crippen LogP contribution in [0.15, 0.2) is 28.7 Å². The number of hydrogen-bond acceptors (Lipinski definition) is 5. The van der Waals surface area contributed by atoms with Gasteiger partial charge in [-0.3, -0.25) is 9.00 Å². The first-order chi connectivity index (χ1) is 12.0. The number of oxazole rings is 1. The molecule has 2 aromatic rings. The molecule has 1 unspecified atom stereocenters. The number of nitrogens with zero attached hydrogens (tertiary/aromatic N) is 2. The number of amides is 1. The van der Waals surface area contributed by atoms with Gasteiger partial charge in [-0.15, -0.1) is 0 Å². The molecule has 3 rings (SSSR count). The highest BCUT2D eigenvalue weighted by Gasteiger charge is 2.21. The van der Waals surface area contributed by atoms with E-state index in [4.69, 9.17) is 9.15 Å². The van der Waals surface area contributed by atoms with Crippen LogP contribution in [0.4, 0.5) is 0 Å². The molecule has 0 aliphatic carbocycles. The van der Waals surface area contributed by atoms with Crippen molar-refractivity contribution in [2.24, 2.45) is 0 Å². The van der Waals surface area contributed by atoms with Gasteiger partial charge in [0.05, 0.1) is 24.7 Å². The van der Waals surface area contributed by atoms with Gasteiger partial charge in [0.25, 0.3) is 0 Å². The fourth-order valence-electron chi connectivity index (χ4n) is 2.74. The van der Waals surface area contributed by atoms with Gasteiger partial charge in [-0.25, -0.2) is 4.98 Å². The van der Waals surface area contributed by atoms with Crippen LogP contribution >= 0.6 is 0 Å². The zero-order valence-corrected chi connectivity index (χ0v) is 15.3. The Labute approximate surface area is 149 Å². The van der Waals surface area contributed by atoms with Crippen LogP contribution < -0.4 is 0 Å². The third-order valence-corrected chi connectivity index (χ3v) is 5.38. The summed E-state index contributed by atoms with van der Waals surface area (Å²) in [5.41, 5.74) is 2.64. The summed E-state index contributed by atoms with van der Waals surface area (Å²) in [5, 5.41) is 0. The number of benzene rings is 1. The number of aryl methyl sites for hydroxylation is 2. The first-order valence-corrected chi connectivity index (χ1v) is 9.76. The molecule has 0 spiro atoms. The summed E-state index contributed by atoms with van der Waals surface area (Å²) in [5.74, 6) is 1.30. The topological polar surface area (TPSA) is 72.6 Å². The van der Waals surface area contributed by atoms with Gasteiger partial charge < -0.3 is 14.1 Å². The first kappa shape index (κ1) is 17.8. The third-order valence-electron chi connectivity index (χ3n) is 4.21. The van der Waals surface area contributed by atoms with E-state index in [1.807, 2.05) is 38.1 Å². The molecule has 2 heterocycles. The Balaban J connectivity index is 1.65. The Morgan fingerprint density at radius 3 is 2.68 bits per heavy atom. The highest BCUT2D eigenvalue weighted by Crippen LogP contribution is 2.25. The van der Waals surface area contributed by atoms with Crippen molar-refractivity contribution < 1.29 is 18.2 Å². The predicted molar refractivity (Wildman–Crippen MR) is 95.5 cm³/mol. The summed E-state index contributed by atoms with van der Waals surface area (Å²) in [7, 11) is -1.32. The number of morpholine rings is 1. The number of carbonyl (C=O) groups excluding carboxylic acids is 1. The molecule has 1 aromatic heterocycles. The van der Waals surface area contributed by atoms with Crippen molar-refractivity contribution in [1.82, 2.24) is 9.88 Å². The zero-order chi connectivity index (χ0) is 17.8. The molecule has 134 valence electrons. The second-order valence-corrected chi connectivity index (χ2v) is 7.52. The standard InChI is InChI=1S/C18H22N2O4S/c1-13-5-3-4-6-15(13)18-19-16(14(2)24-18)11-25(22)12-17(21)20-7-9-23-10-8-20/h3-6H,7-12H2,1-2H3. The summed E-state index contributed by atoms with van der Waals surface area (Å²) in [6, 6.07) is 7.83. The second kappa shape index (κ2) is 7.93. The quantitative estimate of drug-likeness (QED) is 0.814. The van der Waals surface area contributed by atoms with Gasteiger partial charge in [0.15, 0.2) is 0 Å². The lowest BCUT2D eigenvalue weighted by Gasteiger charge is -2.26. The zero-order valence-electron chi connectivity index (χ0n) is 14.5. The largest absolute Gasteiger partial charge is 0.441 e. The molecule has 0 bridgehead atoms. The van der Waals surface area contributed by atoms with Crippen LogP contribution in [0.25, 0.3) is 11.5 Å². The Kier molecular flexibility index (Phi) is 5.65. The van der Waals surface area contributed by atoms with E-state index in [0.29, 0.717) is 43.6 Å². The number of carbonyl (C=O) groups is 1. The van der Waals surface area contributed by atoms with Crippen LogP contribution in [0.2, 0.25) is 0 Å². The van der Waals surface area contributed by atoms with E-state index in [-0.39, 0.29) is 17.4 Å². The Morgan fingerprint density at radius 1 is 1.24 bits per heavy atom. The van der Waals surface area contributed by atoms with Crippen LogP contribution in [0.3, 0.4) is 0 Å². The highest BCUT2D eigenvalue weighted by atomic mass is 32.2. The molecule has 1 fully saturated rings. The molecule has 1 aliphatic heterocycles. The maximum Gasteiger partial charge on any atom is 0.235 e. The minimum atomic E-state index is -1.32. The molecule has 6 nitrogen and oxygen atoms in total. The van der Waals surface area contributed by atoms with Crippen molar-refractivity contribution in [3.63, 3.8) is 0 Å². The smallest absolute Gasteiger partial charge is 0.235 e. The SMILES string of the molecule is Cc1ccccc1-c1nc(CS(=O)CC(=O)N2CCOCC2)c(C)o1. The van der Waals surface area contributed by atoms with E-state index in [2.05, 4.69) is 4.98 Å². The van der Waals surface area contributed by atoms with E-state index in [1.54, 1.807) is 4.90 Å². The number of ether oxygens (including phenoxy) is 1. The van der Waals surface area contributed by atoms with E-state index in [1.165, 1.54) is 0 Å². The first-order valence-electron chi connectivity index (χ1n) is 8.27. The lowest BCUT2D eigenvalue weighted by atomic mass is 10.1. The van der Waals surface area contributed by atoms with Gasteiger partial charge in [0.1, 0.15) is 11.5 Å². The summed E-state index contributed by atoms with van der Waals surface area (Å²) >= 11 is 0. The maximum absolute atomic E-state index is 12.4. The summed E-state index contributed by atoms with van der Waals surface area (Å²) < 4.78 is 23.4. The van der Waals surface area contributed by atoms with Gasteiger partial charge in [0.2, 0.25) is 11.8 Å². The van der Waals surface area contributed by atoms with Crippen molar-refractivity contribution in [2.75, 3.05) is 32.1 Å². The number of aromatic nitrogens is 1. The Hall–Kier alpha value is -1.99. The predicted octanol–water partition coefficient (Wildman–Crippen LogP) is 2.07. The van der Waals surface area contributed by atoms with Crippen molar-refractivity contribution in [3.05, 3.63) is 41.3 Å². The van der Waals surface area contributed by atoms with Crippen molar-refractivity contribution in [3.8, 4) is 11.5 Å². The Bertz CT molecular complexity index is 781. The molecule has 1 atom stereocenters. The van der Waals surface area contributed by atoms with Gasteiger partial charge in [-0.1, -0.05) is 18.2 Å². The van der Waals surface area contributed by atoms with Crippen LogP contribution in [0.5, 0.6) is 0 Å². The summed E-state index contributed by atoms with van der Waals surface area (Å²) in [4.78, 5) is 18.4. The van der Waals surface area contributed by atoms with Gasteiger partial charge in [0, 0.05) is 29.5 Å². The molecular weight excluding hydrogens is 340 g/mol. The molecular formula is C18H22N2O4S. The van der Waals surface area contributed by atoms with Gasteiger partial charge in [-0.2, -0.15) is 0 Å². The summed E-state index contributed by atoms with van der Waals surface area (Å²) in [6.45, 7) is 6.02. The van der Waals surface area contributed by atoms with E-state index >= 15 is 0 Å². The Morgan fingerprint density at radius 2 is 1.96 bits per heavy atom. The fourth-order valence-corrected chi connectivity index (χ4v) is 3.87. The fraction of sp³-hybridized carbons (Fsp3) is 0.444. The number of rotatable bonds is 5. The minimum absolute atomic E-state index is 0.00595. The number of hydrogen-bond donors (Lipinski definition) is 0. The lowest BCUT2D eigenvalue weighted by Crippen LogP contribution is -2.42. The third kappa shape index (κ3) is 4.35. The van der Waals surface area contributed by atoms with Crippen molar-refractivity contribution in [1.29, 1.82) is 0 Å². The minimum Gasteiger partial charge on any atom is -0.441 e. The highest BCUT2D eigenvalue weighted by molar-refractivity contribution is 7.84. The van der Waals surface area contributed by atoms with Crippen LogP contribution in [-0.2, 0) is 26.1 Å². The average molecular weight is 362 g/mol. The molecule has 7 heteroatoms. The molecule has 25 heavy (non-hydrogen) atoms. The van der Waals surface area contributed by atoms with Gasteiger partial charge >= 0.3 is 0 Å². The molecule has 1 amide bonds. The summed E-state index contributed by atoms with van der Waals surface area (Å²) in [6.07, 6.45) is 0. The van der Waals surface area contributed by atoms with Crippen LogP contribution in [-0.4, -0.2) is 52.1 Å². The lowest BCUT2D eigenvalue weighted by molar-refractivity contribution is -0.132. The monoisotopic (exact) mass is 362 g/mol. The van der Waals surface area contributed by atoms with Crippen LogP contribution in [0.1, 0.15) is 17.0 Å². The van der Waals surface area contributed by atoms with Crippen molar-refractivity contribution in [2.45, 2.75) is 19.6 Å². The molecule has 1 aromatic carbocycles. The molecule has 0 radical (unpaired) electrons. The molecule has 0 N–H and O–H groups in total. The molecule has 1 saturated heterocycles. The second-order valence-electron chi connectivity index (χ2n) is 6.06.